The molecule has 0 spiro atoms. The molecule has 0 aromatic heterocycles. The number of rotatable bonds is 2. The van der Waals surface area contributed by atoms with Gasteiger partial charge in [-0.25, -0.2) is 4.39 Å². The summed E-state index contributed by atoms with van der Waals surface area (Å²) in [6.45, 7) is 0.945. The van der Waals surface area contributed by atoms with E-state index in [1.54, 1.807) is 24.3 Å². The molecule has 2 aromatic rings. The SMILES string of the molecule is OC(c1ccc2c(c1)OCCO2)c1c(F)cccc1Cl. The summed E-state index contributed by atoms with van der Waals surface area (Å²) < 4.78 is 24.7. The van der Waals surface area contributed by atoms with E-state index < -0.39 is 11.9 Å². The predicted octanol–water partition coefficient (Wildman–Crippen LogP) is 3.33. The Balaban J connectivity index is 2.00. The zero-order valence-corrected chi connectivity index (χ0v) is 11.2. The molecule has 1 aliphatic rings. The highest BCUT2D eigenvalue weighted by Crippen LogP contribution is 2.36. The molecule has 0 radical (unpaired) electrons. The summed E-state index contributed by atoms with van der Waals surface area (Å²) in [7, 11) is 0. The Morgan fingerprint density at radius 1 is 1.10 bits per heavy atom. The molecule has 0 saturated heterocycles. The van der Waals surface area contributed by atoms with E-state index in [9.17, 15) is 9.50 Å². The number of aliphatic hydroxyl groups is 1. The largest absolute Gasteiger partial charge is 0.486 e. The van der Waals surface area contributed by atoms with E-state index >= 15 is 0 Å². The first-order valence-corrected chi connectivity index (χ1v) is 6.56. The summed E-state index contributed by atoms with van der Waals surface area (Å²) in [6.07, 6.45) is -1.15. The molecule has 2 aromatic carbocycles. The molecule has 0 amide bonds. The molecule has 1 atom stereocenters. The number of hydrogen-bond acceptors (Lipinski definition) is 3. The molecule has 0 aliphatic carbocycles. The Kier molecular flexibility index (Phi) is 3.51. The fourth-order valence-electron chi connectivity index (χ4n) is 2.17. The van der Waals surface area contributed by atoms with E-state index in [2.05, 4.69) is 0 Å². The molecule has 0 saturated carbocycles. The average Bonchev–Trinajstić information content (AvgIpc) is 2.46. The summed E-state index contributed by atoms with van der Waals surface area (Å²) in [6, 6.07) is 9.31. The minimum absolute atomic E-state index is 0.0610. The monoisotopic (exact) mass is 294 g/mol. The number of hydrogen-bond donors (Lipinski definition) is 1. The molecule has 1 aliphatic heterocycles. The quantitative estimate of drug-likeness (QED) is 0.923. The predicted molar refractivity (Wildman–Crippen MR) is 72.9 cm³/mol. The van der Waals surface area contributed by atoms with Gasteiger partial charge in [-0.15, -0.1) is 0 Å². The van der Waals surface area contributed by atoms with Crippen molar-refractivity contribution in [3.05, 3.63) is 58.4 Å². The maximum Gasteiger partial charge on any atom is 0.161 e. The van der Waals surface area contributed by atoms with E-state index in [4.69, 9.17) is 21.1 Å². The molecule has 5 heteroatoms. The Morgan fingerprint density at radius 3 is 2.60 bits per heavy atom. The van der Waals surface area contributed by atoms with E-state index in [1.165, 1.54) is 12.1 Å². The third kappa shape index (κ3) is 2.32. The lowest BCUT2D eigenvalue weighted by Crippen LogP contribution is -2.15. The van der Waals surface area contributed by atoms with Crippen molar-refractivity contribution in [2.24, 2.45) is 0 Å². The van der Waals surface area contributed by atoms with Crippen molar-refractivity contribution in [3.8, 4) is 11.5 Å². The lowest BCUT2D eigenvalue weighted by Gasteiger charge is -2.20. The zero-order valence-electron chi connectivity index (χ0n) is 10.5. The van der Waals surface area contributed by atoms with Crippen molar-refractivity contribution in [1.29, 1.82) is 0 Å². The molecule has 0 fully saturated rings. The van der Waals surface area contributed by atoms with Crippen molar-refractivity contribution < 1.29 is 19.0 Å². The molecular weight excluding hydrogens is 283 g/mol. The van der Waals surface area contributed by atoms with Gasteiger partial charge in [0.2, 0.25) is 0 Å². The van der Waals surface area contributed by atoms with Crippen molar-refractivity contribution in [2.75, 3.05) is 13.2 Å². The maximum absolute atomic E-state index is 13.8. The van der Waals surface area contributed by atoms with Crippen LogP contribution >= 0.6 is 11.6 Å². The summed E-state index contributed by atoms with van der Waals surface area (Å²) in [5.74, 6) is 0.618. The Morgan fingerprint density at radius 2 is 1.85 bits per heavy atom. The van der Waals surface area contributed by atoms with Gasteiger partial charge < -0.3 is 14.6 Å². The minimum atomic E-state index is -1.15. The van der Waals surface area contributed by atoms with Gasteiger partial charge in [-0.2, -0.15) is 0 Å². The van der Waals surface area contributed by atoms with Crippen molar-refractivity contribution in [3.63, 3.8) is 0 Å². The molecule has 104 valence electrons. The second kappa shape index (κ2) is 5.31. The Labute approximate surface area is 120 Å². The third-order valence-electron chi connectivity index (χ3n) is 3.16. The second-order valence-electron chi connectivity index (χ2n) is 4.44. The fraction of sp³-hybridized carbons (Fsp3) is 0.200. The van der Waals surface area contributed by atoms with Crippen LogP contribution in [0.1, 0.15) is 17.2 Å². The first-order valence-electron chi connectivity index (χ1n) is 6.18. The first-order chi connectivity index (χ1) is 9.66. The van der Waals surface area contributed by atoms with Gasteiger partial charge in [0.25, 0.3) is 0 Å². The van der Waals surface area contributed by atoms with Crippen molar-refractivity contribution >= 4 is 11.6 Å². The zero-order chi connectivity index (χ0) is 14.1. The highest BCUT2D eigenvalue weighted by atomic mass is 35.5. The number of fused-ring (bicyclic) bond motifs is 1. The van der Waals surface area contributed by atoms with Crippen LogP contribution in [-0.2, 0) is 0 Å². The number of benzene rings is 2. The normalized spacial score (nSPS) is 14.9. The summed E-state index contributed by atoms with van der Waals surface area (Å²) in [5, 5.41) is 10.5. The average molecular weight is 295 g/mol. The number of ether oxygens (including phenoxy) is 2. The van der Waals surface area contributed by atoms with Gasteiger partial charge in [-0.3, -0.25) is 0 Å². The lowest BCUT2D eigenvalue weighted by atomic mass is 10.0. The summed E-state index contributed by atoms with van der Waals surface area (Å²) in [4.78, 5) is 0. The number of halogens is 2. The molecule has 0 bridgehead atoms. The molecule has 3 rings (SSSR count). The Bertz CT molecular complexity index is 625. The highest BCUT2D eigenvalue weighted by molar-refractivity contribution is 6.31. The minimum Gasteiger partial charge on any atom is -0.486 e. The molecule has 1 unspecified atom stereocenters. The topological polar surface area (TPSA) is 38.7 Å². The van der Waals surface area contributed by atoms with E-state index in [0.29, 0.717) is 30.3 Å². The van der Waals surface area contributed by atoms with Gasteiger partial charge >= 0.3 is 0 Å². The van der Waals surface area contributed by atoms with Gasteiger partial charge in [0.05, 0.1) is 0 Å². The van der Waals surface area contributed by atoms with Crippen LogP contribution in [0.4, 0.5) is 4.39 Å². The maximum atomic E-state index is 13.8. The number of aliphatic hydroxyl groups excluding tert-OH is 1. The van der Waals surface area contributed by atoms with E-state index in [1.807, 2.05) is 0 Å². The van der Waals surface area contributed by atoms with Crippen LogP contribution < -0.4 is 9.47 Å². The van der Waals surface area contributed by atoms with Crippen LogP contribution in [0.2, 0.25) is 5.02 Å². The summed E-state index contributed by atoms with van der Waals surface area (Å²) in [5.41, 5.74) is 0.562. The molecule has 1 N–H and O–H groups in total. The van der Waals surface area contributed by atoms with Gasteiger partial charge in [0, 0.05) is 10.6 Å². The van der Waals surface area contributed by atoms with Crippen molar-refractivity contribution in [1.82, 2.24) is 0 Å². The van der Waals surface area contributed by atoms with Crippen LogP contribution in [0.25, 0.3) is 0 Å². The second-order valence-corrected chi connectivity index (χ2v) is 4.85. The van der Waals surface area contributed by atoms with Crippen LogP contribution in [0.15, 0.2) is 36.4 Å². The lowest BCUT2D eigenvalue weighted by molar-refractivity contribution is 0.169. The molecule has 3 nitrogen and oxygen atoms in total. The first kappa shape index (κ1) is 13.2. The van der Waals surface area contributed by atoms with E-state index in [-0.39, 0.29) is 10.6 Å². The highest BCUT2D eigenvalue weighted by Gasteiger charge is 2.21. The third-order valence-corrected chi connectivity index (χ3v) is 3.48. The van der Waals surface area contributed by atoms with Gasteiger partial charge in [-0.05, 0) is 29.8 Å². The van der Waals surface area contributed by atoms with Gasteiger partial charge in [0.15, 0.2) is 11.5 Å². The van der Waals surface area contributed by atoms with E-state index in [0.717, 1.165) is 0 Å². The molecular formula is C15H12ClFO3. The van der Waals surface area contributed by atoms with Crippen molar-refractivity contribution in [2.45, 2.75) is 6.10 Å². The van der Waals surface area contributed by atoms with Crippen LogP contribution in [-0.4, -0.2) is 18.3 Å². The standard InChI is InChI=1S/C15H12ClFO3/c16-10-2-1-3-11(17)14(10)15(18)9-4-5-12-13(8-9)20-7-6-19-12/h1-5,8,15,18H,6-7H2. The molecule has 1 heterocycles. The van der Waals surface area contributed by atoms with Gasteiger partial charge in [-0.1, -0.05) is 23.7 Å². The fourth-order valence-corrected chi connectivity index (χ4v) is 2.43. The molecule has 20 heavy (non-hydrogen) atoms. The Hall–Kier alpha value is -1.78. The van der Waals surface area contributed by atoms with Crippen LogP contribution in [0.5, 0.6) is 11.5 Å². The van der Waals surface area contributed by atoms with Crippen LogP contribution in [0, 0.1) is 5.82 Å². The smallest absolute Gasteiger partial charge is 0.161 e. The summed E-state index contributed by atoms with van der Waals surface area (Å²) >= 11 is 5.96. The van der Waals surface area contributed by atoms with Crippen LogP contribution in [0.3, 0.4) is 0 Å². The van der Waals surface area contributed by atoms with Gasteiger partial charge in [0.1, 0.15) is 25.1 Å².